The van der Waals surface area contributed by atoms with Gasteiger partial charge in [-0.3, -0.25) is 14.5 Å². The largest absolute Gasteiger partial charge is 0.274 e. The lowest BCUT2D eigenvalue weighted by Gasteiger charge is -2.05. The molecule has 0 saturated carbocycles. The molecular weight excluding hydrogens is 202 g/mol. The van der Waals surface area contributed by atoms with Crippen molar-refractivity contribution in [1.82, 2.24) is 4.90 Å². The standard InChI is InChI=1S/C10H14ClNO2/c11-7-3-1-2-4-8-12-9(13)5-6-10(12)14/h4,8H,1-3,5-7H2/b8-4-. The highest BCUT2D eigenvalue weighted by atomic mass is 35.5. The van der Waals surface area contributed by atoms with Gasteiger partial charge in [0.1, 0.15) is 0 Å². The van der Waals surface area contributed by atoms with Crippen LogP contribution < -0.4 is 0 Å². The van der Waals surface area contributed by atoms with E-state index in [4.69, 9.17) is 11.6 Å². The Bertz CT molecular complexity index is 235. The summed E-state index contributed by atoms with van der Waals surface area (Å²) < 4.78 is 0. The zero-order valence-electron chi connectivity index (χ0n) is 8.04. The number of allylic oxidation sites excluding steroid dienone is 1. The van der Waals surface area contributed by atoms with Gasteiger partial charge in [-0.05, 0) is 19.3 Å². The van der Waals surface area contributed by atoms with Gasteiger partial charge in [-0.2, -0.15) is 0 Å². The molecule has 0 aromatic rings. The quantitative estimate of drug-likeness (QED) is 0.400. The molecule has 3 nitrogen and oxygen atoms in total. The summed E-state index contributed by atoms with van der Waals surface area (Å²) in [5.74, 6) is 0.474. The third kappa shape index (κ3) is 3.14. The number of carbonyl (C=O) groups is 2. The number of unbranched alkanes of at least 4 members (excludes halogenated alkanes) is 2. The predicted molar refractivity (Wildman–Crippen MR) is 54.8 cm³/mol. The van der Waals surface area contributed by atoms with Gasteiger partial charge in [0.15, 0.2) is 0 Å². The van der Waals surface area contributed by atoms with Gasteiger partial charge in [-0.1, -0.05) is 6.08 Å². The molecule has 78 valence electrons. The van der Waals surface area contributed by atoms with Gasteiger partial charge in [-0.25, -0.2) is 0 Å². The first kappa shape index (κ1) is 11.2. The first-order valence-corrected chi connectivity index (χ1v) is 5.36. The number of likely N-dealkylation sites (tertiary alicyclic amines) is 1. The zero-order chi connectivity index (χ0) is 10.4. The molecule has 0 aliphatic carbocycles. The summed E-state index contributed by atoms with van der Waals surface area (Å²) >= 11 is 5.51. The number of alkyl halides is 1. The minimum Gasteiger partial charge on any atom is -0.274 e. The van der Waals surface area contributed by atoms with Crippen LogP contribution in [0, 0.1) is 0 Å². The number of imide groups is 1. The third-order valence-electron chi connectivity index (χ3n) is 2.10. The van der Waals surface area contributed by atoms with E-state index in [0.29, 0.717) is 18.7 Å². The van der Waals surface area contributed by atoms with Gasteiger partial charge < -0.3 is 0 Å². The highest BCUT2D eigenvalue weighted by Gasteiger charge is 2.26. The van der Waals surface area contributed by atoms with Crippen LogP contribution in [0.15, 0.2) is 12.3 Å². The van der Waals surface area contributed by atoms with Crippen LogP contribution in [0.2, 0.25) is 0 Å². The van der Waals surface area contributed by atoms with E-state index in [1.807, 2.05) is 6.08 Å². The third-order valence-corrected chi connectivity index (χ3v) is 2.37. The van der Waals surface area contributed by atoms with Crippen LogP contribution >= 0.6 is 11.6 Å². The van der Waals surface area contributed by atoms with Crippen molar-refractivity contribution in [1.29, 1.82) is 0 Å². The Kier molecular flexibility index (Phi) is 4.66. The summed E-state index contributed by atoms with van der Waals surface area (Å²) in [4.78, 5) is 23.5. The fourth-order valence-electron chi connectivity index (χ4n) is 1.30. The minimum absolute atomic E-state index is 0.0939. The van der Waals surface area contributed by atoms with E-state index in [-0.39, 0.29) is 11.8 Å². The molecule has 0 spiro atoms. The molecule has 1 aliphatic heterocycles. The van der Waals surface area contributed by atoms with Crippen molar-refractivity contribution < 1.29 is 9.59 Å². The van der Waals surface area contributed by atoms with Crippen LogP contribution in [0.1, 0.15) is 32.1 Å². The Hall–Kier alpha value is -0.830. The van der Waals surface area contributed by atoms with Crippen molar-refractivity contribution in [3.05, 3.63) is 12.3 Å². The predicted octanol–water partition coefficient (Wildman–Crippen LogP) is 2.06. The number of rotatable bonds is 5. The SMILES string of the molecule is O=C1CCC(=O)N1/C=C\CCCCCl. The first-order valence-electron chi connectivity index (χ1n) is 4.83. The number of nitrogens with zero attached hydrogens (tertiary/aromatic N) is 1. The van der Waals surface area contributed by atoms with E-state index in [0.717, 1.165) is 19.3 Å². The minimum atomic E-state index is -0.0939. The van der Waals surface area contributed by atoms with Crippen molar-refractivity contribution in [3.63, 3.8) is 0 Å². The van der Waals surface area contributed by atoms with Gasteiger partial charge in [0.05, 0.1) is 0 Å². The molecular formula is C10H14ClNO2. The Morgan fingerprint density at radius 2 is 1.86 bits per heavy atom. The zero-order valence-corrected chi connectivity index (χ0v) is 8.79. The van der Waals surface area contributed by atoms with Crippen molar-refractivity contribution in [2.45, 2.75) is 32.1 Å². The molecule has 14 heavy (non-hydrogen) atoms. The second-order valence-electron chi connectivity index (χ2n) is 3.23. The molecule has 0 atom stereocenters. The molecule has 1 saturated heterocycles. The molecule has 1 heterocycles. The summed E-state index contributed by atoms with van der Waals surface area (Å²) in [5.41, 5.74) is 0. The molecule has 2 amide bonds. The molecule has 1 fully saturated rings. The van der Waals surface area contributed by atoms with Crippen molar-refractivity contribution in [3.8, 4) is 0 Å². The number of amides is 2. The van der Waals surface area contributed by atoms with Gasteiger partial charge in [0, 0.05) is 24.9 Å². The monoisotopic (exact) mass is 215 g/mol. The Labute approximate surface area is 88.7 Å². The summed E-state index contributed by atoms with van der Waals surface area (Å²) in [7, 11) is 0. The average Bonchev–Trinajstić information content (AvgIpc) is 2.48. The maximum atomic E-state index is 11.1. The molecule has 0 unspecified atom stereocenters. The smallest absolute Gasteiger partial charge is 0.233 e. The van der Waals surface area contributed by atoms with Crippen LogP contribution in [-0.4, -0.2) is 22.6 Å². The summed E-state index contributed by atoms with van der Waals surface area (Å²) in [5, 5.41) is 0. The van der Waals surface area contributed by atoms with E-state index in [9.17, 15) is 9.59 Å². The number of hydrogen-bond donors (Lipinski definition) is 0. The Morgan fingerprint density at radius 1 is 1.21 bits per heavy atom. The molecule has 0 aromatic carbocycles. The fraction of sp³-hybridized carbons (Fsp3) is 0.600. The number of halogens is 1. The van der Waals surface area contributed by atoms with Crippen molar-refractivity contribution in [2.24, 2.45) is 0 Å². The summed E-state index contributed by atoms with van der Waals surface area (Å²) in [6.07, 6.45) is 6.98. The topological polar surface area (TPSA) is 37.4 Å². The van der Waals surface area contributed by atoms with Crippen LogP contribution in [0.25, 0.3) is 0 Å². The number of carbonyl (C=O) groups excluding carboxylic acids is 2. The van der Waals surface area contributed by atoms with Crippen molar-refractivity contribution >= 4 is 23.4 Å². The molecule has 0 bridgehead atoms. The second kappa shape index (κ2) is 5.81. The van der Waals surface area contributed by atoms with Crippen LogP contribution in [0.5, 0.6) is 0 Å². The molecule has 4 heteroatoms. The molecule has 0 aromatic heterocycles. The highest BCUT2D eigenvalue weighted by Crippen LogP contribution is 2.12. The van der Waals surface area contributed by atoms with Gasteiger partial charge in [-0.15, -0.1) is 11.6 Å². The lowest BCUT2D eigenvalue weighted by molar-refractivity contribution is -0.135. The van der Waals surface area contributed by atoms with Gasteiger partial charge in [0.2, 0.25) is 11.8 Å². The molecule has 1 aliphatic rings. The summed E-state index contributed by atoms with van der Waals surface area (Å²) in [6, 6.07) is 0. The van der Waals surface area contributed by atoms with Gasteiger partial charge >= 0.3 is 0 Å². The lowest BCUT2D eigenvalue weighted by Crippen LogP contribution is -2.22. The van der Waals surface area contributed by atoms with Crippen LogP contribution in [0.4, 0.5) is 0 Å². The van der Waals surface area contributed by atoms with E-state index in [2.05, 4.69) is 0 Å². The van der Waals surface area contributed by atoms with E-state index in [1.165, 1.54) is 4.90 Å². The van der Waals surface area contributed by atoms with Crippen LogP contribution in [0.3, 0.4) is 0 Å². The van der Waals surface area contributed by atoms with Gasteiger partial charge in [0.25, 0.3) is 0 Å². The maximum absolute atomic E-state index is 11.1. The fourth-order valence-corrected chi connectivity index (χ4v) is 1.49. The highest BCUT2D eigenvalue weighted by molar-refractivity contribution is 6.17. The number of hydrogen-bond acceptors (Lipinski definition) is 2. The lowest BCUT2D eigenvalue weighted by atomic mass is 10.2. The normalized spacial score (nSPS) is 17.4. The Balaban J connectivity index is 2.28. The first-order chi connectivity index (χ1) is 6.75. The maximum Gasteiger partial charge on any atom is 0.233 e. The van der Waals surface area contributed by atoms with Crippen molar-refractivity contribution in [2.75, 3.05) is 5.88 Å². The molecule has 0 radical (unpaired) electrons. The average molecular weight is 216 g/mol. The van der Waals surface area contributed by atoms with E-state index in [1.54, 1.807) is 6.20 Å². The molecule has 0 N–H and O–H groups in total. The second-order valence-corrected chi connectivity index (χ2v) is 3.60. The van der Waals surface area contributed by atoms with E-state index < -0.39 is 0 Å². The van der Waals surface area contributed by atoms with Crippen LogP contribution in [-0.2, 0) is 9.59 Å². The Morgan fingerprint density at radius 3 is 2.43 bits per heavy atom. The molecule has 1 rings (SSSR count). The van der Waals surface area contributed by atoms with E-state index >= 15 is 0 Å². The summed E-state index contributed by atoms with van der Waals surface area (Å²) in [6.45, 7) is 0.